The Labute approximate surface area is 187 Å². The minimum Gasteiger partial charge on any atom is -0.497 e. The van der Waals surface area contributed by atoms with Crippen molar-refractivity contribution in [3.05, 3.63) is 59.7 Å². The van der Waals surface area contributed by atoms with Gasteiger partial charge in [-0.3, -0.25) is 9.59 Å². The number of hydrogen-bond acceptors (Lipinski definition) is 6. The lowest BCUT2D eigenvalue weighted by molar-refractivity contribution is -0.130. The van der Waals surface area contributed by atoms with E-state index in [0.717, 1.165) is 11.3 Å². The molecule has 1 aliphatic rings. The highest BCUT2D eigenvalue weighted by Gasteiger charge is 2.23. The second kappa shape index (κ2) is 11.2. The summed E-state index contributed by atoms with van der Waals surface area (Å²) in [6.07, 6.45) is 0.253. The fraction of sp³-hybridized carbons (Fsp3) is 0.375. The lowest BCUT2D eigenvalue weighted by Crippen LogP contribution is -2.38. The van der Waals surface area contributed by atoms with Gasteiger partial charge < -0.3 is 24.0 Å². The highest BCUT2D eigenvalue weighted by molar-refractivity contribution is 5.94. The van der Waals surface area contributed by atoms with E-state index < -0.39 is 6.16 Å². The number of ether oxygens (including phenoxy) is 3. The molecule has 170 valence electrons. The summed E-state index contributed by atoms with van der Waals surface area (Å²) in [6, 6.07) is 13.8. The van der Waals surface area contributed by atoms with Gasteiger partial charge in [0.05, 0.1) is 20.1 Å². The predicted molar refractivity (Wildman–Crippen MR) is 118 cm³/mol. The van der Waals surface area contributed by atoms with Crippen LogP contribution >= 0.6 is 0 Å². The molecule has 0 unspecified atom stereocenters. The van der Waals surface area contributed by atoms with E-state index in [4.69, 9.17) is 14.2 Å². The second-order valence-corrected chi connectivity index (χ2v) is 7.36. The fourth-order valence-corrected chi connectivity index (χ4v) is 3.49. The molecule has 0 spiro atoms. The van der Waals surface area contributed by atoms with Gasteiger partial charge >= 0.3 is 6.16 Å². The topological polar surface area (TPSA) is 85.4 Å². The molecule has 0 bridgehead atoms. The van der Waals surface area contributed by atoms with Crippen LogP contribution in [-0.2, 0) is 16.0 Å². The quantitative estimate of drug-likeness (QED) is 0.507. The Morgan fingerprint density at radius 3 is 2.12 bits per heavy atom. The number of amides is 2. The average molecular weight is 440 g/mol. The van der Waals surface area contributed by atoms with Crippen molar-refractivity contribution < 1.29 is 28.6 Å². The standard InChI is InChI=1S/C24H28N2O6/c1-3-31-24(29)32-21-11-7-19(8-12-21)23(28)26-14-4-13-25(15-16-26)22(27)17-18-5-9-20(30-2)10-6-18/h5-12H,3-4,13-17H2,1-2H3. The van der Waals surface area contributed by atoms with Crippen molar-refractivity contribution in [1.29, 1.82) is 0 Å². The zero-order valence-corrected chi connectivity index (χ0v) is 18.4. The molecule has 1 saturated heterocycles. The molecule has 8 nitrogen and oxygen atoms in total. The molecule has 0 radical (unpaired) electrons. The predicted octanol–water partition coefficient (Wildman–Crippen LogP) is 3.15. The Hall–Kier alpha value is -3.55. The first-order chi connectivity index (χ1) is 15.5. The van der Waals surface area contributed by atoms with E-state index in [1.807, 2.05) is 29.2 Å². The SMILES string of the molecule is CCOC(=O)Oc1ccc(C(=O)N2CCCN(C(=O)Cc3ccc(OC)cc3)CC2)cc1. The number of nitrogens with zero attached hydrogens (tertiary/aromatic N) is 2. The summed E-state index contributed by atoms with van der Waals surface area (Å²) >= 11 is 0. The number of hydrogen-bond donors (Lipinski definition) is 0. The molecular weight excluding hydrogens is 412 g/mol. The zero-order valence-electron chi connectivity index (χ0n) is 18.4. The maximum absolute atomic E-state index is 12.9. The third-order valence-electron chi connectivity index (χ3n) is 5.21. The normalized spacial score (nSPS) is 13.8. The molecule has 1 aliphatic heterocycles. The van der Waals surface area contributed by atoms with Gasteiger partial charge in [0.1, 0.15) is 11.5 Å². The number of benzene rings is 2. The average Bonchev–Trinajstić information content (AvgIpc) is 3.06. The van der Waals surface area contributed by atoms with Crippen LogP contribution in [0.3, 0.4) is 0 Å². The summed E-state index contributed by atoms with van der Waals surface area (Å²) in [5.74, 6) is 0.999. The smallest absolute Gasteiger partial charge is 0.497 e. The van der Waals surface area contributed by atoms with Gasteiger partial charge in [0, 0.05) is 31.7 Å². The molecule has 0 aliphatic carbocycles. The van der Waals surface area contributed by atoms with Crippen LogP contribution in [0.5, 0.6) is 11.5 Å². The van der Waals surface area contributed by atoms with E-state index in [-0.39, 0.29) is 18.4 Å². The van der Waals surface area contributed by atoms with Crippen molar-refractivity contribution in [3.8, 4) is 11.5 Å². The Bertz CT molecular complexity index is 927. The van der Waals surface area contributed by atoms with Crippen LogP contribution in [-0.4, -0.2) is 67.7 Å². The molecule has 2 aromatic rings. The fourth-order valence-electron chi connectivity index (χ4n) is 3.49. The van der Waals surface area contributed by atoms with Crippen LogP contribution in [0.15, 0.2) is 48.5 Å². The molecule has 32 heavy (non-hydrogen) atoms. The molecule has 0 aromatic heterocycles. The number of carbonyl (C=O) groups excluding carboxylic acids is 3. The summed E-state index contributed by atoms with van der Waals surface area (Å²) < 4.78 is 14.9. The highest BCUT2D eigenvalue weighted by Crippen LogP contribution is 2.17. The first-order valence-electron chi connectivity index (χ1n) is 10.6. The summed E-state index contributed by atoms with van der Waals surface area (Å²) in [4.78, 5) is 40.6. The van der Waals surface area contributed by atoms with E-state index in [1.54, 1.807) is 43.2 Å². The molecule has 2 amide bonds. The summed E-state index contributed by atoms with van der Waals surface area (Å²) in [5.41, 5.74) is 1.43. The summed E-state index contributed by atoms with van der Waals surface area (Å²) in [5, 5.41) is 0. The van der Waals surface area contributed by atoms with Crippen molar-refractivity contribution >= 4 is 18.0 Å². The van der Waals surface area contributed by atoms with Gasteiger partial charge in [-0.05, 0) is 55.3 Å². The van der Waals surface area contributed by atoms with Crippen LogP contribution < -0.4 is 9.47 Å². The first kappa shape index (κ1) is 23.1. The van der Waals surface area contributed by atoms with Gasteiger partial charge in [-0.1, -0.05) is 12.1 Å². The maximum atomic E-state index is 12.9. The molecule has 0 atom stereocenters. The van der Waals surface area contributed by atoms with E-state index in [1.165, 1.54) is 0 Å². The summed E-state index contributed by atoms with van der Waals surface area (Å²) in [7, 11) is 1.61. The van der Waals surface area contributed by atoms with Crippen molar-refractivity contribution in [2.24, 2.45) is 0 Å². The van der Waals surface area contributed by atoms with Crippen molar-refractivity contribution in [3.63, 3.8) is 0 Å². The van der Waals surface area contributed by atoms with Crippen molar-refractivity contribution in [2.75, 3.05) is 39.9 Å². The minimum absolute atomic E-state index is 0.0462. The van der Waals surface area contributed by atoms with Gasteiger partial charge in [0.2, 0.25) is 5.91 Å². The molecule has 8 heteroatoms. The van der Waals surface area contributed by atoms with Crippen LogP contribution in [0.4, 0.5) is 4.79 Å². The third-order valence-corrected chi connectivity index (χ3v) is 5.21. The Balaban J connectivity index is 1.54. The van der Waals surface area contributed by atoms with Crippen molar-refractivity contribution in [2.45, 2.75) is 19.8 Å². The van der Waals surface area contributed by atoms with Crippen LogP contribution in [0.2, 0.25) is 0 Å². The molecule has 3 rings (SSSR count). The van der Waals surface area contributed by atoms with Gasteiger partial charge in [0.15, 0.2) is 0 Å². The monoisotopic (exact) mass is 440 g/mol. The number of carbonyl (C=O) groups is 3. The van der Waals surface area contributed by atoms with Crippen LogP contribution in [0.25, 0.3) is 0 Å². The van der Waals surface area contributed by atoms with Crippen LogP contribution in [0, 0.1) is 0 Å². The highest BCUT2D eigenvalue weighted by atomic mass is 16.7. The molecule has 0 saturated carbocycles. The van der Waals surface area contributed by atoms with Crippen LogP contribution in [0.1, 0.15) is 29.3 Å². The molecule has 0 N–H and O–H groups in total. The van der Waals surface area contributed by atoms with Crippen molar-refractivity contribution in [1.82, 2.24) is 9.80 Å². The van der Waals surface area contributed by atoms with Gasteiger partial charge in [-0.15, -0.1) is 0 Å². The van der Waals surface area contributed by atoms with Gasteiger partial charge in [-0.2, -0.15) is 0 Å². The number of methoxy groups -OCH3 is 1. The van der Waals surface area contributed by atoms with E-state index in [9.17, 15) is 14.4 Å². The third kappa shape index (κ3) is 6.23. The molecule has 1 heterocycles. The number of rotatable bonds is 6. The van der Waals surface area contributed by atoms with E-state index in [0.29, 0.717) is 50.3 Å². The maximum Gasteiger partial charge on any atom is 0.513 e. The van der Waals surface area contributed by atoms with E-state index in [2.05, 4.69) is 0 Å². The largest absolute Gasteiger partial charge is 0.513 e. The van der Waals surface area contributed by atoms with E-state index >= 15 is 0 Å². The second-order valence-electron chi connectivity index (χ2n) is 7.36. The Morgan fingerprint density at radius 2 is 1.47 bits per heavy atom. The van der Waals surface area contributed by atoms with Gasteiger partial charge in [0.25, 0.3) is 5.91 Å². The molecule has 2 aromatic carbocycles. The lowest BCUT2D eigenvalue weighted by Gasteiger charge is -2.22. The lowest BCUT2D eigenvalue weighted by atomic mass is 10.1. The Kier molecular flexibility index (Phi) is 8.08. The molecule has 1 fully saturated rings. The Morgan fingerprint density at radius 1 is 0.844 bits per heavy atom. The first-order valence-corrected chi connectivity index (χ1v) is 10.6. The van der Waals surface area contributed by atoms with Gasteiger partial charge in [-0.25, -0.2) is 4.79 Å². The summed E-state index contributed by atoms with van der Waals surface area (Å²) in [6.45, 7) is 4.07. The molecular formula is C24H28N2O6. The zero-order chi connectivity index (χ0) is 22.9. The minimum atomic E-state index is -0.779.